The van der Waals surface area contributed by atoms with Crippen molar-refractivity contribution in [3.05, 3.63) is 0 Å². The standard InChI is InChI=1S/C11H23O6P/c1-4-15-11(13)10(12)8-7-9-18(14,16-5-2)17-6-3/h10,12H,4-9H2,1-3H3. The molecule has 108 valence electrons. The smallest absolute Gasteiger partial charge is 0.334 e. The molecule has 0 aromatic rings. The van der Waals surface area contributed by atoms with Crippen molar-refractivity contribution in [2.24, 2.45) is 0 Å². The van der Waals surface area contributed by atoms with Crippen LogP contribution in [0.3, 0.4) is 0 Å². The normalized spacial score (nSPS) is 13.3. The minimum atomic E-state index is -3.08. The van der Waals surface area contributed by atoms with Crippen molar-refractivity contribution in [2.45, 2.75) is 39.7 Å². The van der Waals surface area contributed by atoms with Crippen LogP contribution < -0.4 is 0 Å². The summed E-state index contributed by atoms with van der Waals surface area (Å²) in [6.45, 7) is 5.98. The Morgan fingerprint density at radius 1 is 1.17 bits per heavy atom. The highest BCUT2D eigenvalue weighted by Crippen LogP contribution is 2.48. The van der Waals surface area contributed by atoms with Gasteiger partial charge in [-0.15, -0.1) is 0 Å². The summed E-state index contributed by atoms with van der Waals surface area (Å²) in [4.78, 5) is 11.1. The molecule has 0 aromatic carbocycles. The van der Waals surface area contributed by atoms with Crippen molar-refractivity contribution in [3.63, 3.8) is 0 Å². The molecule has 0 aromatic heterocycles. The zero-order valence-corrected chi connectivity index (χ0v) is 12.2. The maximum Gasteiger partial charge on any atom is 0.334 e. The van der Waals surface area contributed by atoms with Crippen LogP contribution in [0, 0.1) is 0 Å². The molecule has 0 spiro atoms. The molecule has 6 nitrogen and oxygen atoms in total. The summed E-state index contributed by atoms with van der Waals surface area (Å²) in [6.07, 6.45) is -0.438. The van der Waals surface area contributed by atoms with E-state index in [0.717, 1.165) is 0 Å². The molecule has 0 fully saturated rings. The number of hydrogen-bond acceptors (Lipinski definition) is 6. The molecule has 0 saturated carbocycles. The molecule has 7 heteroatoms. The van der Waals surface area contributed by atoms with E-state index in [-0.39, 0.29) is 19.2 Å². The van der Waals surface area contributed by atoms with Crippen molar-refractivity contribution in [2.75, 3.05) is 26.0 Å². The molecule has 18 heavy (non-hydrogen) atoms. The van der Waals surface area contributed by atoms with Crippen molar-refractivity contribution in [3.8, 4) is 0 Å². The lowest BCUT2D eigenvalue weighted by Crippen LogP contribution is -2.23. The predicted octanol–water partition coefficient (Wildman–Crippen LogP) is 1.96. The molecule has 1 unspecified atom stereocenters. The van der Waals surface area contributed by atoms with Gasteiger partial charge in [-0.2, -0.15) is 0 Å². The Bertz CT molecular complexity index is 271. The van der Waals surface area contributed by atoms with Crippen LogP contribution in [0.15, 0.2) is 0 Å². The van der Waals surface area contributed by atoms with Crippen LogP contribution >= 0.6 is 7.60 Å². The minimum absolute atomic E-state index is 0.184. The number of aliphatic hydroxyl groups excluding tert-OH is 1. The Hall–Kier alpha value is -0.420. The van der Waals surface area contributed by atoms with Crippen molar-refractivity contribution < 1.29 is 28.3 Å². The van der Waals surface area contributed by atoms with Gasteiger partial charge in [-0.1, -0.05) is 0 Å². The SMILES string of the molecule is CCOC(=O)C(O)CCCP(=O)(OCC)OCC. The van der Waals surface area contributed by atoms with E-state index < -0.39 is 19.7 Å². The number of rotatable bonds is 10. The summed E-state index contributed by atoms with van der Waals surface area (Å²) < 4.78 is 26.9. The maximum absolute atomic E-state index is 12.0. The third-order valence-corrected chi connectivity index (χ3v) is 4.29. The van der Waals surface area contributed by atoms with E-state index in [4.69, 9.17) is 9.05 Å². The highest BCUT2D eigenvalue weighted by Gasteiger charge is 2.24. The molecular weight excluding hydrogens is 259 g/mol. The third kappa shape index (κ3) is 7.11. The first-order chi connectivity index (χ1) is 8.49. The van der Waals surface area contributed by atoms with Crippen molar-refractivity contribution in [1.29, 1.82) is 0 Å². The van der Waals surface area contributed by atoms with Gasteiger partial charge >= 0.3 is 13.6 Å². The van der Waals surface area contributed by atoms with Crippen molar-refractivity contribution in [1.82, 2.24) is 0 Å². The third-order valence-electron chi connectivity index (χ3n) is 2.12. The monoisotopic (exact) mass is 282 g/mol. The first kappa shape index (κ1) is 17.6. The van der Waals surface area contributed by atoms with Gasteiger partial charge < -0.3 is 18.9 Å². The lowest BCUT2D eigenvalue weighted by Gasteiger charge is -2.17. The van der Waals surface area contributed by atoms with E-state index in [9.17, 15) is 14.5 Å². The summed E-state index contributed by atoms with van der Waals surface area (Å²) in [7, 11) is -3.08. The van der Waals surface area contributed by atoms with E-state index in [1.165, 1.54) is 0 Å². The Kier molecular flexibility index (Phi) is 9.28. The van der Waals surface area contributed by atoms with Gasteiger partial charge in [0.1, 0.15) is 0 Å². The molecule has 0 aliphatic rings. The molecular formula is C11H23O6P. The van der Waals surface area contributed by atoms with Gasteiger partial charge in [0.2, 0.25) is 0 Å². The molecule has 0 bridgehead atoms. The number of ether oxygens (including phenoxy) is 1. The van der Waals surface area contributed by atoms with Gasteiger partial charge in [0.05, 0.1) is 26.0 Å². The van der Waals surface area contributed by atoms with Gasteiger partial charge in [0.25, 0.3) is 0 Å². The zero-order valence-electron chi connectivity index (χ0n) is 11.3. The fraction of sp³-hybridized carbons (Fsp3) is 0.909. The topological polar surface area (TPSA) is 82.1 Å². The number of hydrogen-bond donors (Lipinski definition) is 1. The Balaban J connectivity index is 4.06. The van der Waals surface area contributed by atoms with Crippen LogP contribution in [0.5, 0.6) is 0 Å². The first-order valence-electron chi connectivity index (χ1n) is 6.21. The Morgan fingerprint density at radius 2 is 1.72 bits per heavy atom. The van der Waals surface area contributed by atoms with Crippen molar-refractivity contribution >= 4 is 13.6 Å². The molecule has 0 saturated heterocycles. The average molecular weight is 282 g/mol. The quantitative estimate of drug-likeness (QED) is 0.487. The molecule has 0 rings (SSSR count). The summed E-state index contributed by atoms with van der Waals surface area (Å²) in [5.41, 5.74) is 0. The first-order valence-corrected chi connectivity index (χ1v) is 7.94. The number of carbonyl (C=O) groups excluding carboxylic acids is 1. The number of aliphatic hydroxyl groups is 1. The van der Waals surface area contributed by atoms with Gasteiger partial charge in [0, 0.05) is 0 Å². The molecule has 0 amide bonds. The summed E-state index contributed by atoms with van der Waals surface area (Å²) in [5, 5.41) is 9.46. The summed E-state index contributed by atoms with van der Waals surface area (Å²) in [6, 6.07) is 0. The summed E-state index contributed by atoms with van der Waals surface area (Å²) >= 11 is 0. The molecule has 1 atom stereocenters. The minimum Gasteiger partial charge on any atom is -0.464 e. The molecule has 0 radical (unpaired) electrons. The molecule has 0 heterocycles. The van der Waals surface area contributed by atoms with Gasteiger partial charge in [-0.3, -0.25) is 4.57 Å². The van der Waals surface area contributed by atoms with E-state index in [2.05, 4.69) is 4.74 Å². The fourth-order valence-electron chi connectivity index (χ4n) is 1.39. The van der Waals surface area contributed by atoms with Crippen LogP contribution in [-0.2, 0) is 23.1 Å². The van der Waals surface area contributed by atoms with Crippen LogP contribution in [0.25, 0.3) is 0 Å². The van der Waals surface area contributed by atoms with E-state index >= 15 is 0 Å². The Morgan fingerprint density at radius 3 is 2.17 bits per heavy atom. The Labute approximate surface area is 108 Å². The lowest BCUT2D eigenvalue weighted by molar-refractivity contribution is -0.153. The van der Waals surface area contributed by atoms with Gasteiger partial charge in [0.15, 0.2) is 6.10 Å². The molecule has 0 aliphatic carbocycles. The van der Waals surface area contributed by atoms with Gasteiger partial charge in [-0.25, -0.2) is 4.79 Å². The summed E-state index contributed by atoms with van der Waals surface area (Å²) in [5.74, 6) is -0.653. The molecule has 1 N–H and O–H groups in total. The highest BCUT2D eigenvalue weighted by atomic mass is 31.2. The average Bonchev–Trinajstić information content (AvgIpc) is 2.29. The largest absolute Gasteiger partial charge is 0.464 e. The fourth-order valence-corrected chi connectivity index (χ4v) is 3.08. The van der Waals surface area contributed by atoms with Crippen LogP contribution in [0.2, 0.25) is 0 Å². The van der Waals surface area contributed by atoms with Crippen LogP contribution in [0.1, 0.15) is 33.6 Å². The number of esters is 1. The van der Waals surface area contributed by atoms with E-state index in [1.807, 2.05) is 0 Å². The lowest BCUT2D eigenvalue weighted by atomic mass is 10.2. The van der Waals surface area contributed by atoms with E-state index in [0.29, 0.717) is 19.6 Å². The zero-order chi connectivity index (χ0) is 14.0. The second-order valence-corrected chi connectivity index (χ2v) is 5.77. The molecule has 0 aliphatic heterocycles. The number of carbonyl (C=O) groups is 1. The second kappa shape index (κ2) is 9.50. The highest BCUT2D eigenvalue weighted by molar-refractivity contribution is 7.53. The maximum atomic E-state index is 12.0. The van der Waals surface area contributed by atoms with E-state index in [1.54, 1.807) is 20.8 Å². The predicted molar refractivity (Wildman–Crippen MR) is 67.6 cm³/mol. The van der Waals surface area contributed by atoms with Gasteiger partial charge in [-0.05, 0) is 33.6 Å². The second-order valence-electron chi connectivity index (χ2n) is 3.58. The van der Waals surface area contributed by atoms with Crippen LogP contribution in [0.4, 0.5) is 0 Å². The van der Waals surface area contributed by atoms with Crippen LogP contribution in [-0.4, -0.2) is 43.2 Å².